The highest BCUT2D eigenvalue weighted by Crippen LogP contribution is 2.28. The summed E-state index contributed by atoms with van der Waals surface area (Å²) in [5.74, 6) is 0.638. The molecule has 0 heterocycles. The van der Waals surface area contributed by atoms with Gasteiger partial charge in [-0.25, -0.2) is 4.79 Å². The first-order valence-corrected chi connectivity index (χ1v) is 9.44. The van der Waals surface area contributed by atoms with Crippen LogP contribution >= 0.6 is 11.8 Å². The molecule has 0 fully saturated rings. The van der Waals surface area contributed by atoms with E-state index in [0.717, 1.165) is 31.4 Å². The lowest BCUT2D eigenvalue weighted by Crippen LogP contribution is -2.49. The predicted octanol–water partition coefficient (Wildman–Crippen LogP) is 2.36. The molecule has 2 rings (SSSR count). The van der Waals surface area contributed by atoms with Crippen LogP contribution in [0, 0.1) is 0 Å². The number of nitrogens with two attached hydrogens (primary N) is 1. The summed E-state index contributed by atoms with van der Waals surface area (Å²) in [4.78, 5) is 23.7. The molecule has 5 nitrogen and oxygen atoms in total. The number of amides is 3. The molecule has 0 aliphatic heterocycles. The van der Waals surface area contributed by atoms with Crippen LogP contribution in [-0.2, 0) is 11.2 Å². The van der Waals surface area contributed by atoms with Gasteiger partial charge in [-0.15, -0.1) is 0 Å². The zero-order valence-electron chi connectivity index (χ0n) is 13.5. The second-order valence-corrected chi connectivity index (χ2v) is 6.83. The normalized spacial score (nSPS) is 18.4. The molecular weight excluding hydrogens is 310 g/mol. The Bertz CT molecular complexity index is 550. The molecule has 0 spiro atoms. The van der Waals surface area contributed by atoms with E-state index >= 15 is 0 Å². The van der Waals surface area contributed by atoms with Crippen LogP contribution < -0.4 is 16.4 Å². The highest BCUT2D eigenvalue weighted by atomic mass is 32.2. The van der Waals surface area contributed by atoms with Gasteiger partial charge >= 0.3 is 6.03 Å². The molecule has 3 amide bonds. The Kier molecular flexibility index (Phi) is 6.77. The lowest BCUT2D eigenvalue weighted by atomic mass is 9.98. The number of rotatable bonds is 6. The van der Waals surface area contributed by atoms with Gasteiger partial charge in [0.1, 0.15) is 6.04 Å². The van der Waals surface area contributed by atoms with Crippen molar-refractivity contribution in [2.45, 2.75) is 44.2 Å². The van der Waals surface area contributed by atoms with Crippen molar-refractivity contribution in [3.05, 3.63) is 35.4 Å². The van der Waals surface area contributed by atoms with Crippen molar-refractivity contribution in [2.24, 2.45) is 5.73 Å². The van der Waals surface area contributed by atoms with Crippen molar-refractivity contribution in [1.29, 1.82) is 0 Å². The zero-order valence-corrected chi connectivity index (χ0v) is 14.3. The van der Waals surface area contributed by atoms with Crippen LogP contribution in [-0.4, -0.2) is 30.0 Å². The maximum Gasteiger partial charge on any atom is 0.312 e. The number of aryl methyl sites for hydroxylation is 1. The summed E-state index contributed by atoms with van der Waals surface area (Å²) in [7, 11) is 0. The molecule has 1 aliphatic rings. The Labute approximate surface area is 141 Å². The molecule has 0 unspecified atom stereocenters. The molecule has 1 aromatic rings. The summed E-state index contributed by atoms with van der Waals surface area (Å²) in [5, 5.41) is 5.67. The van der Waals surface area contributed by atoms with Crippen LogP contribution in [0.25, 0.3) is 0 Å². The fraction of sp³-hybridized carbons (Fsp3) is 0.529. The number of fused-ring (bicyclic) bond motifs is 1. The lowest BCUT2D eigenvalue weighted by molar-refractivity contribution is -0.123. The predicted molar refractivity (Wildman–Crippen MR) is 94.4 cm³/mol. The van der Waals surface area contributed by atoms with Gasteiger partial charge in [0.25, 0.3) is 0 Å². The van der Waals surface area contributed by atoms with Crippen molar-refractivity contribution >= 4 is 23.7 Å². The van der Waals surface area contributed by atoms with E-state index in [4.69, 9.17) is 5.73 Å². The van der Waals surface area contributed by atoms with E-state index in [-0.39, 0.29) is 11.9 Å². The van der Waals surface area contributed by atoms with Gasteiger partial charge in [-0.1, -0.05) is 30.7 Å². The lowest BCUT2D eigenvalue weighted by Gasteiger charge is -2.23. The molecule has 1 aliphatic carbocycles. The summed E-state index contributed by atoms with van der Waals surface area (Å²) in [6.07, 6.45) is 6.74. The highest BCUT2D eigenvalue weighted by molar-refractivity contribution is 7.98. The van der Waals surface area contributed by atoms with Crippen LogP contribution in [0.1, 0.15) is 42.9 Å². The molecule has 2 atom stereocenters. The minimum absolute atomic E-state index is 0.00709. The maximum absolute atomic E-state index is 12.6. The van der Waals surface area contributed by atoms with Crippen molar-refractivity contribution in [3.63, 3.8) is 0 Å². The van der Waals surface area contributed by atoms with Gasteiger partial charge in [-0.05, 0) is 48.8 Å². The van der Waals surface area contributed by atoms with Crippen molar-refractivity contribution in [1.82, 2.24) is 10.6 Å². The number of urea groups is 1. The Hall–Kier alpha value is -1.69. The minimum Gasteiger partial charge on any atom is -0.352 e. The molecule has 6 heteroatoms. The summed E-state index contributed by atoms with van der Waals surface area (Å²) in [6, 6.07) is 7.04. The fourth-order valence-electron chi connectivity index (χ4n) is 3.02. The van der Waals surface area contributed by atoms with E-state index in [1.807, 2.05) is 18.4 Å². The quantitative estimate of drug-likeness (QED) is 0.698. The van der Waals surface area contributed by atoms with Gasteiger partial charge in [-0.3, -0.25) is 4.79 Å². The molecule has 0 aromatic heterocycles. The molecule has 0 saturated heterocycles. The highest BCUT2D eigenvalue weighted by Gasteiger charge is 2.25. The maximum atomic E-state index is 12.6. The van der Waals surface area contributed by atoms with Gasteiger partial charge in [0.05, 0.1) is 6.04 Å². The Morgan fingerprint density at radius 2 is 2.13 bits per heavy atom. The van der Waals surface area contributed by atoms with E-state index < -0.39 is 12.1 Å². The molecular formula is C17H25N3O2S. The standard InChI is InChI=1S/C17H25N3O2S/c1-23-11-10-15(20-17(18)22)16(21)19-14-9-5-3-7-12-6-2-4-8-13(12)14/h2,4,6,8,14-15H,3,5,7,9-11H2,1H3,(H,19,21)(H3,18,20,22)/t14-,15-/m1/s1. The molecule has 0 saturated carbocycles. The number of hydrogen-bond donors (Lipinski definition) is 3. The average Bonchev–Trinajstić information content (AvgIpc) is 2.73. The number of carbonyl (C=O) groups is 2. The molecule has 23 heavy (non-hydrogen) atoms. The largest absolute Gasteiger partial charge is 0.352 e. The van der Waals surface area contributed by atoms with E-state index in [2.05, 4.69) is 22.8 Å². The molecule has 126 valence electrons. The van der Waals surface area contributed by atoms with Gasteiger partial charge in [-0.2, -0.15) is 11.8 Å². The zero-order chi connectivity index (χ0) is 16.7. The first-order valence-electron chi connectivity index (χ1n) is 8.05. The van der Waals surface area contributed by atoms with Gasteiger partial charge in [0.15, 0.2) is 0 Å². The minimum atomic E-state index is -0.660. The number of benzene rings is 1. The van der Waals surface area contributed by atoms with E-state index in [1.165, 1.54) is 11.1 Å². The van der Waals surface area contributed by atoms with Crippen molar-refractivity contribution in [2.75, 3.05) is 12.0 Å². The topological polar surface area (TPSA) is 84.2 Å². The number of hydrogen-bond acceptors (Lipinski definition) is 3. The first-order chi connectivity index (χ1) is 11.1. The smallest absolute Gasteiger partial charge is 0.312 e. The fourth-order valence-corrected chi connectivity index (χ4v) is 3.49. The Balaban J connectivity index is 2.09. The summed E-state index contributed by atoms with van der Waals surface area (Å²) in [6.45, 7) is 0. The monoisotopic (exact) mass is 335 g/mol. The Morgan fingerprint density at radius 1 is 1.35 bits per heavy atom. The van der Waals surface area contributed by atoms with Crippen molar-refractivity contribution < 1.29 is 9.59 Å². The molecule has 1 aromatic carbocycles. The number of carbonyl (C=O) groups excluding carboxylic acids is 2. The SMILES string of the molecule is CSCC[C@@H](NC(N)=O)C(=O)N[C@@H]1CCCCc2ccccc21. The molecule has 4 N–H and O–H groups in total. The van der Waals surface area contributed by atoms with Gasteiger partial charge in [0.2, 0.25) is 5.91 Å². The van der Waals surface area contributed by atoms with Gasteiger partial charge in [0, 0.05) is 0 Å². The third-order valence-corrected chi connectivity index (χ3v) is 4.82. The van der Waals surface area contributed by atoms with Crippen LogP contribution in [0.5, 0.6) is 0 Å². The van der Waals surface area contributed by atoms with Crippen LogP contribution in [0.15, 0.2) is 24.3 Å². The van der Waals surface area contributed by atoms with Crippen molar-refractivity contribution in [3.8, 4) is 0 Å². The van der Waals surface area contributed by atoms with Crippen LogP contribution in [0.4, 0.5) is 4.79 Å². The second-order valence-electron chi connectivity index (χ2n) is 5.85. The van der Waals surface area contributed by atoms with E-state index in [9.17, 15) is 9.59 Å². The number of primary amides is 1. The molecule has 0 radical (unpaired) electrons. The average molecular weight is 335 g/mol. The second kappa shape index (κ2) is 8.82. The van der Waals surface area contributed by atoms with E-state index in [1.54, 1.807) is 11.8 Å². The summed E-state index contributed by atoms with van der Waals surface area (Å²) >= 11 is 1.64. The molecule has 0 bridgehead atoms. The summed E-state index contributed by atoms with van der Waals surface area (Å²) < 4.78 is 0. The number of nitrogens with one attached hydrogen (secondary N) is 2. The third-order valence-electron chi connectivity index (χ3n) is 4.18. The Morgan fingerprint density at radius 3 is 2.87 bits per heavy atom. The summed E-state index contributed by atoms with van der Waals surface area (Å²) in [5.41, 5.74) is 7.70. The third kappa shape index (κ3) is 5.16. The van der Waals surface area contributed by atoms with Crippen LogP contribution in [0.2, 0.25) is 0 Å². The number of thioether (sulfide) groups is 1. The van der Waals surface area contributed by atoms with E-state index in [0.29, 0.717) is 6.42 Å². The van der Waals surface area contributed by atoms with Gasteiger partial charge < -0.3 is 16.4 Å². The first kappa shape index (κ1) is 17.7. The van der Waals surface area contributed by atoms with Crippen LogP contribution in [0.3, 0.4) is 0 Å².